The summed E-state index contributed by atoms with van der Waals surface area (Å²) in [7, 11) is 0. The summed E-state index contributed by atoms with van der Waals surface area (Å²) < 4.78 is 46.6. The standard InChI is InChI=1S/C28H30F2N4O5/c1-2-3-13-34(26(35)18-11-12-20(29)21(30)15-18)25-27(33-14-7-6-10-24(33)32-25)39-28(36)31-16-19-17-37-22-8-4-5-9-23(22)38-19/h4-5,8-9,11-12,15,19H,2-3,6-7,10,13-14,16-17H2,1H3,(H,31,36). The summed E-state index contributed by atoms with van der Waals surface area (Å²) >= 11 is 0. The van der Waals surface area contributed by atoms with E-state index in [-0.39, 0.29) is 37.0 Å². The second-order valence-electron chi connectivity index (χ2n) is 9.47. The smallest absolute Gasteiger partial charge is 0.414 e. The summed E-state index contributed by atoms with van der Waals surface area (Å²) in [5.74, 6) is -0.470. The number of halogens is 2. The summed E-state index contributed by atoms with van der Waals surface area (Å²) in [5, 5.41) is 2.71. The van der Waals surface area contributed by atoms with Crippen LogP contribution in [0.15, 0.2) is 42.5 Å². The molecular formula is C28H30F2N4O5. The minimum atomic E-state index is -1.12. The Morgan fingerprint density at radius 2 is 1.97 bits per heavy atom. The van der Waals surface area contributed by atoms with Crippen LogP contribution in [0.1, 0.15) is 48.8 Å². The number of carbonyl (C=O) groups is 2. The van der Waals surface area contributed by atoms with Crippen molar-refractivity contribution in [2.24, 2.45) is 0 Å². The van der Waals surface area contributed by atoms with Gasteiger partial charge in [0.1, 0.15) is 12.4 Å². The van der Waals surface area contributed by atoms with Gasteiger partial charge in [-0.2, -0.15) is 0 Å². The Morgan fingerprint density at radius 1 is 1.15 bits per heavy atom. The molecule has 2 amide bonds. The van der Waals surface area contributed by atoms with Gasteiger partial charge in [-0.25, -0.2) is 18.6 Å². The van der Waals surface area contributed by atoms with E-state index in [1.165, 1.54) is 11.0 Å². The maximum Gasteiger partial charge on any atom is 0.414 e. The summed E-state index contributed by atoms with van der Waals surface area (Å²) in [6.07, 6.45) is 2.69. The number of aryl methyl sites for hydroxylation is 1. The topological polar surface area (TPSA) is 94.9 Å². The number of fused-ring (bicyclic) bond motifs is 2. The highest BCUT2D eigenvalue weighted by Crippen LogP contribution is 2.34. The first kappa shape index (κ1) is 26.5. The van der Waals surface area contributed by atoms with Crippen molar-refractivity contribution in [3.05, 3.63) is 65.5 Å². The van der Waals surface area contributed by atoms with E-state index < -0.39 is 29.7 Å². The normalized spacial score (nSPS) is 15.8. The van der Waals surface area contributed by atoms with Crippen molar-refractivity contribution in [3.8, 4) is 17.4 Å². The van der Waals surface area contributed by atoms with Gasteiger partial charge >= 0.3 is 6.09 Å². The fourth-order valence-corrected chi connectivity index (χ4v) is 4.61. The Balaban J connectivity index is 1.36. The van der Waals surface area contributed by atoms with E-state index >= 15 is 0 Å². The van der Waals surface area contributed by atoms with E-state index in [9.17, 15) is 18.4 Å². The Hall–Kier alpha value is -4.15. The molecule has 2 aliphatic rings. The number of nitrogens with zero attached hydrogens (tertiary/aromatic N) is 3. The predicted octanol–water partition coefficient (Wildman–Crippen LogP) is 4.87. The molecule has 3 heterocycles. The molecule has 0 bridgehead atoms. The maximum atomic E-state index is 14.0. The fourth-order valence-electron chi connectivity index (χ4n) is 4.61. The Labute approximate surface area is 224 Å². The van der Waals surface area contributed by atoms with Crippen molar-refractivity contribution >= 4 is 17.8 Å². The van der Waals surface area contributed by atoms with Crippen molar-refractivity contribution in [1.82, 2.24) is 14.9 Å². The molecule has 0 saturated carbocycles. The first-order valence-electron chi connectivity index (χ1n) is 13.1. The molecule has 0 radical (unpaired) electrons. The number of hydrogen-bond acceptors (Lipinski definition) is 6. The molecule has 0 spiro atoms. The van der Waals surface area contributed by atoms with Crippen molar-refractivity contribution in [3.63, 3.8) is 0 Å². The van der Waals surface area contributed by atoms with Gasteiger partial charge in [0.15, 0.2) is 35.1 Å². The Morgan fingerprint density at radius 3 is 2.77 bits per heavy atom. The number of hydrogen-bond donors (Lipinski definition) is 1. The van der Waals surface area contributed by atoms with Crippen LogP contribution < -0.4 is 24.4 Å². The van der Waals surface area contributed by atoms with Crippen LogP contribution >= 0.6 is 0 Å². The maximum absolute atomic E-state index is 14.0. The molecule has 9 nitrogen and oxygen atoms in total. The van der Waals surface area contributed by atoms with Crippen LogP contribution in [0.25, 0.3) is 0 Å². The molecule has 206 valence electrons. The van der Waals surface area contributed by atoms with Crippen molar-refractivity contribution < 1.29 is 32.6 Å². The number of anilines is 1. The number of carbonyl (C=O) groups excluding carboxylic acids is 2. The highest BCUT2D eigenvalue weighted by molar-refractivity contribution is 6.06. The number of nitrogens with one attached hydrogen (secondary N) is 1. The summed E-state index contributed by atoms with van der Waals surface area (Å²) in [4.78, 5) is 32.5. The molecule has 1 unspecified atom stereocenters. The molecule has 1 N–H and O–H groups in total. The molecule has 2 aromatic carbocycles. The van der Waals surface area contributed by atoms with Gasteiger partial charge in [-0.1, -0.05) is 25.5 Å². The quantitative estimate of drug-likeness (QED) is 0.438. The van der Waals surface area contributed by atoms with Crippen LogP contribution in [0.3, 0.4) is 0 Å². The van der Waals surface area contributed by atoms with Crippen LogP contribution in [0.5, 0.6) is 17.4 Å². The highest BCUT2D eigenvalue weighted by Gasteiger charge is 2.31. The monoisotopic (exact) mass is 540 g/mol. The second-order valence-corrected chi connectivity index (χ2v) is 9.47. The molecule has 11 heteroatoms. The van der Waals surface area contributed by atoms with Crippen molar-refractivity contribution in [1.29, 1.82) is 0 Å². The molecule has 0 saturated heterocycles. The van der Waals surface area contributed by atoms with Gasteiger partial charge in [0.25, 0.3) is 5.91 Å². The van der Waals surface area contributed by atoms with E-state index in [1.807, 2.05) is 25.1 Å². The molecule has 3 aromatic rings. The van der Waals surface area contributed by atoms with Crippen molar-refractivity contribution in [2.45, 2.75) is 51.7 Å². The molecule has 1 atom stereocenters. The van der Waals surface area contributed by atoms with Crippen LogP contribution in [0, 0.1) is 11.6 Å². The fraction of sp³-hybridized carbons (Fsp3) is 0.393. The summed E-state index contributed by atoms with van der Waals surface area (Å²) in [5.41, 5.74) is -0.0268. The number of rotatable bonds is 8. The van der Waals surface area contributed by atoms with Crippen molar-refractivity contribution in [2.75, 3.05) is 24.6 Å². The van der Waals surface area contributed by atoms with Crippen LogP contribution in [-0.4, -0.2) is 47.4 Å². The lowest BCUT2D eigenvalue weighted by Gasteiger charge is -2.26. The Bertz CT molecular complexity index is 1360. The van der Waals surface area contributed by atoms with E-state index in [2.05, 4.69) is 10.3 Å². The Kier molecular flexibility index (Phi) is 7.94. The first-order valence-corrected chi connectivity index (χ1v) is 13.1. The van der Waals surface area contributed by atoms with Gasteiger partial charge in [-0.05, 0) is 49.6 Å². The number of benzene rings is 2. The van der Waals surface area contributed by atoms with Crippen LogP contribution in [-0.2, 0) is 13.0 Å². The molecule has 39 heavy (non-hydrogen) atoms. The van der Waals surface area contributed by atoms with Gasteiger partial charge in [0.05, 0.1) is 6.54 Å². The SMILES string of the molecule is CCCCN(C(=O)c1ccc(F)c(F)c1)c1nc2n(c1OC(=O)NCC1COc3ccccc3O1)CCCC2. The third-order valence-electron chi connectivity index (χ3n) is 6.65. The van der Waals surface area contributed by atoms with Crippen LogP contribution in [0.2, 0.25) is 0 Å². The average molecular weight is 541 g/mol. The van der Waals surface area contributed by atoms with E-state index in [1.54, 1.807) is 10.6 Å². The zero-order valence-electron chi connectivity index (χ0n) is 21.6. The lowest BCUT2D eigenvalue weighted by Crippen LogP contribution is -2.42. The number of aromatic nitrogens is 2. The molecule has 1 aromatic heterocycles. The van der Waals surface area contributed by atoms with Gasteiger partial charge in [0, 0.05) is 25.1 Å². The summed E-state index contributed by atoms with van der Waals surface area (Å²) in [6, 6.07) is 10.3. The molecule has 0 fully saturated rings. The van der Waals surface area contributed by atoms with Gasteiger partial charge in [-0.15, -0.1) is 0 Å². The molecule has 2 aliphatic heterocycles. The molecule has 0 aliphatic carbocycles. The lowest BCUT2D eigenvalue weighted by atomic mass is 10.1. The number of amides is 2. The minimum Gasteiger partial charge on any atom is -0.486 e. The second kappa shape index (κ2) is 11.7. The molecular weight excluding hydrogens is 510 g/mol. The molecule has 5 rings (SSSR count). The average Bonchev–Trinajstić information content (AvgIpc) is 3.31. The zero-order chi connectivity index (χ0) is 27.4. The summed E-state index contributed by atoms with van der Waals surface area (Å²) in [6.45, 7) is 3.20. The van der Waals surface area contributed by atoms with E-state index in [0.717, 1.165) is 31.4 Å². The zero-order valence-corrected chi connectivity index (χ0v) is 21.6. The highest BCUT2D eigenvalue weighted by atomic mass is 19.2. The van der Waals surface area contributed by atoms with Gasteiger partial charge in [-0.3, -0.25) is 14.3 Å². The third kappa shape index (κ3) is 5.81. The van der Waals surface area contributed by atoms with Crippen LogP contribution in [0.4, 0.5) is 19.4 Å². The van der Waals surface area contributed by atoms with E-state index in [0.29, 0.717) is 36.7 Å². The van der Waals surface area contributed by atoms with Gasteiger partial charge in [0.2, 0.25) is 5.88 Å². The largest absolute Gasteiger partial charge is 0.486 e. The number of para-hydroxylation sites is 2. The third-order valence-corrected chi connectivity index (χ3v) is 6.65. The van der Waals surface area contributed by atoms with E-state index in [4.69, 9.17) is 14.2 Å². The number of ether oxygens (including phenoxy) is 3. The lowest BCUT2D eigenvalue weighted by molar-refractivity contribution is 0.0896. The number of unbranched alkanes of at least 4 members (excludes halogenated alkanes) is 1. The minimum absolute atomic E-state index is 0.0268. The predicted molar refractivity (Wildman–Crippen MR) is 138 cm³/mol. The number of imidazole rings is 1. The first-order chi connectivity index (χ1) is 18.9. The van der Waals surface area contributed by atoms with Gasteiger partial charge < -0.3 is 19.5 Å².